The molecule has 2 saturated heterocycles. The van der Waals surface area contributed by atoms with E-state index in [0.717, 1.165) is 21.9 Å². The van der Waals surface area contributed by atoms with Crippen LogP contribution in [0.3, 0.4) is 0 Å². The van der Waals surface area contributed by atoms with Gasteiger partial charge in [-0.05, 0) is 40.1 Å². The Bertz CT molecular complexity index is 1300. The van der Waals surface area contributed by atoms with Crippen molar-refractivity contribution in [2.24, 2.45) is 11.8 Å². The number of nitrogens with zero attached hydrogens (tertiary/aromatic N) is 3. The van der Waals surface area contributed by atoms with Gasteiger partial charge in [0.1, 0.15) is 6.04 Å². The van der Waals surface area contributed by atoms with Gasteiger partial charge in [-0.15, -0.1) is 0 Å². The summed E-state index contributed by atoms with van der Waals surface area (Å²) < 4.78 is 0. The summed E-state index contributed by atoms with van der Waals surface area (Å²) in [5.74, 6) is -1.75. The Morgan fingerprint density at radius 3 is 2.40 bits per heavy atom. The van der Waals surface area contributed by atoms with E-state index in [9.17, 15) is 14.9 Å². The summed E-state index contributed by atoms with van der Waals surface area (Å²) in [6.07, 6.45) is 3.81. The second-order valence-corrected chi connectivity index (χ2v) is 8.01. The van der Waals surface area contributed by atoms with E-state index in [-0.39, 0.29) is 17.9 Å². The molecule has 0 aliphatic carbocycles. The number of rotatable bonds is 1. The molecule has 1 unspecified atom stereocenters. The molecule has 6 rings (SSSR count). The SMILES string of the molecule is N#C[C@@H]1[C@@H]2C(=O)N(c3ccc4ccccc4c3)C(=O)[C@@H]2C2c3ccccc3C=CN21. The zero-order valence-corrected chi connectivity index (χ0v) is 16.0. The van der Waals surface area contributed by atoms with Gasteiger partial charge in [-0.2, -0.15) is 5.26 Å². The smallest absolute Gasteiger partial charge is 0.240 e. The van der Waals surface area contributed by atoms with Gasteiger partial charge in [0, 0.05) is 6.20 Å². The Hall–Kier alpha value is -3.91. The van der Waals surface area contributed by atoms with E-state index >= 15 is 0 Å². The number of anilines is 1. The van der Waals surface area contributed by atoms with Crippen LogP contribution in [0.15, 0.2) is 72.9 Å². The van der Waals surface area contributed by atoms with E-state index in [1.807, 2.05) is 83.9 Å². The van der Waals surface area contributed by atoms with E-state index in [0.29, 0.717) is 5.69 Å². The van der Waals surface area contributed by atoms with E-state index in [4.69, 9.17) is 0 Å². The van der Waals surface area contributed by atoms with Crippen LogP contribution in [-0.2, 0) is 9.59 Å². The summed E-state index contributed by atoms with van der Waals surface area (Å²) in [6.45, 7) is 0. The van der Waals surface area contributed by atoms with Gasteiger partial charge >= 0.3 is 0 Å². The molecule has 5 heteroatoms. The lowest BCUT2D eigenvalue weighted by atomic mass is 9.85. The highest BCUT2D eigenvalue weighted by molar-refractivity contribution is 6.23. The standard InChI is InChI=1S/C25H17N3O2/c26-14-20-21-22(23-19-8-4-3-6-16(19)11-12-27(20)23)25(30)28(24(21)29)18-10-9-15-5-1-2-7-17(15)13-18/h1-13,20-23H/t20-,21+,22+,23?/m1/s1. The number of carbonyl (C=O) groups is 2. The maximum atomic E-state index is 13.6. The minimum atomic E-state index is -0.672. The number of hydrogen-bond donors (Lipinski definition) is 0. The van der Waals surface area contributed by atoms with Crippen molar-refractivity contribution in [2.45, 2.75) is 12.1 Å². The summed E-state index contributed by atoms with van der Waals surface area (Å²) in [7, 11) is 0. The number of nitriles is 1. The zero-order valence-electron chi connectivity index (χ0n) is 16.0. The highest BCUT2D eigenvalue weighted by atomic mass is 16.2. The molecule has 0 radical (unpaired) electrons. The van der Waals surface area contributed by atoms with Gasteiger partial charge in [0.05, 0.1) is 29.6 Å². The van der Waals surface area contributed by atoms with Crippen LogP contribution in [-0.4, -0.2) is 22.8 Å². The van der Waals surface area contributed by atoms with Crippen LogP contribution in [0.2, 0.25) is 0 Å². The number of fused-ring (bicyclic) bond motifs is 6. The Kier molecular flexibility index (Phi) is 3.42. The molecule has 3 aliphatic heterocycles. The van der Waals surface area contributed by atoms with Gasteiger partial charge in [0.15, 0.2) is 0 Å². The largest absolute Gasteiger partial charge is 0.353 e. The summed E-state index contributed by atoms with van der Waals surface area (Å²) >= 11 is 0. The number of hydrogen-bond acceptors (Lipinski definition) is 4. The molecule has 4 atom stereocenters. The topological polar surface area (TPSA) is 64.4 Å². The molecule has 0 N–H and O–H groups in total. The fourth-order valence-corrected chi connectivity index (χ4v) is 5.28. The molecule has 2 amide bonds. The van der Waals surface area contributed by atoms with Gasteiger partial charge in [-0.1, -0.05) is 54.6 Å². The zero-order chi connectivity index (χ0) is 20.4. The lowest BCUT2D eigenvalue weighted by molar-refractivity contribution is -0.123. The Morgan fingerprint density at radius 1 is 0.833 bits per heavy atom. The van der Waals surface area contributed by atoms with Gasteiger partial charge in [0.2, 0.25) is 11.8 Å². The van der Waals surface area contributed by atoms with Gasteiger partial charge < -0.3 is 4.90 Å². The highest BCUT2D eigenvalue weighted by Gasteiger charge is 2.63. The van der Waals surface area contributed by atoms with Crippen LogP contribution in [0.1, 0.15) is 17.2 Å². The van der Waals surface area contributed by atoms with Crippen LogP contribution < -0.4 is 4.90 Å². The number of amides is 2. The lowest BCUT2D eigenvalue weighted by Crippen LogP contribution is -2.40. The summed E-state index contributed by atoms with van der Waals surface area (Å²) in [6, 6.07) is 22.7. The molecule has 144 valence electrons. The van der Waals surface area contributed by atoms with Gasteiger partial charge in [-0.3, -0.25) is 9.59 Å². The summed E-state index contributed by atoms with van der Waals surface area (Å²) in [4.78, 5) is 30.3. The maximum absolute atomic E-state index is 13.6. The van der Waals surface area contributed by atoms with Crippen LogP contribution in [0, 0.1) is 23.2 Å². The molecule has 30 heavy (non-hydrogen) atoms. The average molecular weight is 391 g/mol. The third-order valence-corrected chi connectivity index (χ3v) is 6.59. The molecule has 3 aromatic carbocycles. The van der Waals surface area contributed by atoms with Crippen LogP contribution in [0.5, 0.6) is 0 Å². The number of benzene rings is 3. The molecule has 5 nitrogen and oxygen atoms in total. The molecular weight excluding hydrogens is 374 g/mol. The molecule has 3 aliphatic rings. The van der Waals surface area contributed by atoms with E-state index in [1.54, 1.807) is 0 Å². The monoisotopic (exact) mass is 391 g/mol. The molecule has 3 aromatic rings. The molecule has 0 spiro atoms. The predicted molar refractivity (Wildman–Crippen MR) is 113 cm³/mol. The molecule has 2 fully saturated rings. The molecular formula is C25H17N3O2. The quantitative estimate of drug-likeness (QED) is 0.591. The predicted octanol–water partition coefficient (Wildman–Crippen LogP) is 3.88. The molecule has 3 heterocycles. The second kappa shape index (κ2) is 6.04. The minimum absolute atomic E-state index is 0.224. The van der Waals surface area contributed by atoms with Gasteiger partial charge in [-0.25, -0.2) is 4.90 Å². The van der Waals surface area contributed by atoms with Crippen molar-refractivity contribution < 1.29 is 9.59 Å². The maximum Gasteiger partial charge on any atom is 0.240 e. The fourth-order valence-electron chi connectivity index (χ4n) is 5.28. The van der Waals surface area contributed by atoms with E-state index in [2.05, 4.69) is 6.07 Å². The Balaban J connectivity index is 1.48. The number of carbonyl (C=O) groups excluding carboxylic acids is 2. The van der Waals surface area contributed by atoms with Crippen LogP contribution in [0.25, 0.3) is 16.8 Å². The first-order valence-corrected chi connectivity index (χ1v) is 10.00. The first-order valence-electron chi connectivity index (χ1n) is 10.00. The van der Waals surface area contributed by atoms with E-state index in [1.165, 1.54) is 4.90 Å². The van der Waals surface area contributed by atoms with Crippen LogP contribution >= 0.6 is 0 Å². The highest BCUT2D eigenvalue weighted by Crippen LogP contribution is 2.52. The van der Waals surface area contributed by atoms with Crippen molar-refractivity contribution in [1.82, 2.24) is 4.90 Å². The summed E-state index contributed by atoms with van der Waals surface area (Å²) in [5, 5.41) is 11.9. The first-order chi connectivity index (χ1) is 14.7. The van der Waals surface area contributed by atoms with Crippen molar-refractivity contribution >= 4 is 34.4 Å². The minimum Gasteiger partial charge on any atom is -0.353 e. The molecule has 0 bridgehead atoms. The van der Waals surface area contributed by atoms with Crippen molar-refractivity contribution in [3.05, 3.63) is 84.1 Å². The normalized spacial score (nSPS) is 26.5. The summed E-state index contributed by atoms with van der Waals surface area (Å²) in [5.41, 5.74) is 2.59. The molecule has 0 saturated carbocycles. The number of imide groups is 1. The van der Waals surface area contributed by atoms with Crippen molar-refractivity contribution in [3.63, 3.8) is 0 Å². The molecule has 0 aromatic heterocycles. The third-order valence-electron chi connectivity index (χ3n) is 6.59. The fraction of sp³-hybridized carbons (Fsp3) is 0.160. The van der Waals surface area contributed by atoms with Crippen molar-refractivity contribution in [2.75, 3.05) is 4.90 Å². The average Bonchev–Trinajstić information content (AvgIpc) is 3.25. The van der Waals surface area contributed by atoms with Crippen molar-refractivity contribution in [3.8, 4) is 6.07 Å². The van der Waals surface area contributed by atoms with Crippen molar-refractivity contribution in [1.29, 1.82) is 5.26 Å². The second-order valence-electron chi connectivity index (χ2n) is 8.01. The Morgan fingerprint density at radius 2 is 1.57 bits per heavy atom. The van der Waals surface area contributed by atoms with Crippen LogP contribution in [0.4, 0.5) is 5.69 Å². The first kappa shape index (κ1) is 17.0. The Labute approximate surface area is 173 Å². The third kappa shape index (κ3) is 2.11. The van der Waals surface area contributed by atoms with E-state index < -0.39 is 17.9 Å². The van der Waals surface area contributed by atoms with Gasteiger partial charge in [0.25, 0.3) is 0 Å². The lowest BCUT2D eigenvalue weighted by Gasteiger charge is -2.33.